The van der Waals surface area contributed by atoms with E-state index in [4.69, 9.17) is 0 Å². The van der Waals surface area contributed by atoms with Crippen LogP contribution in [0.15, 0.2) is 12.2 Å². The summed E-state index contributed by atoms with van der Waals surface area (Å²) in [5.41, 5.74) is 0. The molecule has 0 aromatic rings. The van der Waals surface area contributed by atoms with Gasteiger partial charge in [-0.25, -0.2) is 4.90 Å². The van der Waals surface area contributed by atoms with Crippen LogP contribution in [0.3, 0.4) is 0 Å². The van der Waals surface area contributed by atoms with E-state index in [1.54, 1.807) is 0 Å². The lowest BCUT2D eigenvalue weighted by Gasteiger charge is -2.20. The van der Waals surface area contributed by atoms with Gasteiger partial charge in [-0.3, -0.25) is 14.4 Å². The molecule has 3 amide bonds. The highest BCUT2D eigenvalue weighted by molar-refractivity contribution is 6.05. The van der Waals surface area contributed by atoms with Gasteiger partial charge in [0.25, 0.3) is 5.91 Å². The van der Waals surface area contributed by atoms with Crippen molar-refractivity contribution in [1.29, 1.82) is 0 Å². The second-order valence-corrected chi connectivity index (χ2v) is 6.39. The standard InChI is InChI=1S/C15H21N3O3/c1-17(8-13(19)16-10-6-7-10)9-18-14(20)11-4-2-3-5-12(11)15(18)21/h2-3,10-12H,4-9H2,1H3,(H,16,19)/p+1/t11-,12+. The highest BCUT2D eigenvalue weighted by Gasteiger charge is 2.48. The molecule has 0 bridgehead atoms. The number of hydrogen-bond acceptors (Lipinski definition) is 3. The van der Waals surface area contributed by atoms with Crippen LogP contribution < -0.4 is 10.2 Å². The molecule has 1 aliphatic heterocycles. The van der Waals surface area contributed by atoms with Crippen molar-refractivity contribution in [3.63, 3.8) is 0 Å². The van der Waals surface area contributed by atoms with Crippen LogP contribution in [0.1, 0.15) is 25.7 Å². The van der Waals surface area contributed by atoms with Crippen molar-refractivity contribution in [2.24, 2.45) is 11.8 Å². The maximum atomic E-state index is 12.3. The third kappa shape index (κ3) is 3.00. The van der Waals surface area contributed by atoms with Crippen LogP contribution in [0, 0.1) is 11.8 Å². The van der Waals surface area contributed by atoms with Gasteiger partial charge in [0, 0.05) is 6.04 Å². The van der Waals surface area contributed by atoms with Crippen molar-refractivity contribution in [2.75, 3.05) is 20.3 Å². The Morgan fingerprint density at radius 2 is 1.81 bits per heavy atom. The molecule has 1 saturated carbocycles. The lowest BCUT2D eigenvalue weighted by molar-refractivity contribution is -0.879. The number of imide groups is 1. The zero-order valence-corrected chi connectivity index (χ0v) is 12.3. The SMILES string of the molecule is C[NH+](CC(=O)NC1CC1)CN1C(=O)[C@H]2CC=CC[C@H]2C1=O. The van der Waals surface area contributed by atoms with Crippen LogP contribution in [0.5, 0.6) is 0 Å². The smallest absolute Gasteiger partial charge is 0.275 e. The predicted octanol–water partition coefficient (Wildman–Crippen LogP) is -1.31. The molecule has 3 atom stereocenters. The van der Waals surface area contributed by atoms with Gasteiger partial charge < -0.3 is 10.2 Å². The minimum Gasteiger partial charge on any atom is -0.348 e. The molecule has 1 heterocycles. The highest BCUT2D eigenvalue weighted by atomic mass is 16.2. The van der Waals surface area contributed by atoms with E-state index >= 15 is 0 Å². The summed E-state index contributed by atoms with van der Waals surface area (Å²) in [6.45, 7) is 0.573. The molecule has 2 fully saturated rings. The number of allylic oxidation sites excluding steroid dienone is 2. The number of nitrogens with one attached hydrogen (secondary N) is 2. The Morgan fingerprint density at radius 3 is 2.33 bits per heavy atom. The number of quaternary nitrogens is 1. The molecule has 21 heavy (non-hydrogen) atoms. The Bertz CT molecular complexity index is 472. The number of likely N-dealkylation sites (N-methyl/N-ethyl adjacent to an activating group) is 1. The quantitative estimate of drug-likeness (QED) is 0.488. The fourth-order valence-corrected chi connectivity index (χ4v) is 3.13. The number of fused-ring (bicyclic) bond motifs is 1. The molecule has 114 valence electrons. The Kier molecular flexibility index (Phi) is 3.80. The first kappa shape index (κ1) is 14.3. The van der Waals surface area contributed by atoms with Crippen molar-refractivity contribution >= 4 is 17.7 Å². The lowest BCUT2D eigenvalue weighted by atomic mass is 9.85. The fourth-order valence-electron chi connectivity index (χ4n) is 3.13. The molecule has 6 nitrogen and oxygen atoms in total. The van der Waals surface area contributed by atoms with Crippen LogP contribution in [0.25, 0.3) is 0 Å². The van der Waals surface area contributed by atoms with Crippen LogP contribution in [-0.4, -0.2) is 48.9 Å². The summed E-state index contributed by atoms with van der Waals surface area (Å²) in [6.07, 6.45) is 7.40. The first-order chi connectivity index (χ1) is 10.1. The molecule has 1 saturated heterocycles. The Morgan fingerprint density at radius 1 is 1.24 bits per heavy atom. The molecule has 2 aliphatic carbocycles. The predicted molar refractivity (Wildman–Crippen MR) is 75.0 cm³/mol. The number of carbonyl (C=O) groups excluding carboxylic acids is 3. The van der Waals surface area contributed by atoms with Gasteiger partial charge in [0.05, 0.1) is 18.9 Å². The number of likely N-dealkylation sites (tertiary alicyclic amines) is 1. The van der Waals surface area contributed by atoms with E-state index < -0.39 is 0 Å². The summed E-state index contributed by atoms with van der Waals surface area (Å²) in [4.78, 5) is 38.6. The van der Waals surface area contributed by atoms with Gasteiger partial charge in [0.1, 0.15) is 0 Å². The van der Waals surface area contributed by atoms with Crippen LogP contribution in [0.2, 0.25) is 0 Å². The zero-order chi connectivity index (χ0) is 15.0. The molecule has 2 N–H and O–H groups in total. The van der Waals surface area contributed by atoms with Crippen molar-refractivity contribution in [1.82, 2.24) is 10.2 Å². The maximum absolute atomic E-state index is 12.3. The summed E-state index contributed by atoms with van der Waals surface area (Å²) in [5, 5.41) is 2.92. The number of carbonyl (C=O) groups is 3. The number of hydrogen-bond donors (Lipinski definition) is 2. The normalized spacial score (nSPS) is 29.5. The van der Waals surface area contributed by atoms with Gasteiger partial charge in [-0.2, -0.15) is 0 Å². The molecule has 0 spiro atoms. The van der Waals surface area contributed by atoms with E-state index in [1.807, 2.05) is 19.2 Å². The molecule has 6 heteroatoms. The van der Waals surface area contributed by atoms with E-state index in [1.165, 1.54) is 4.90 Å². The Labute approximate surface area is 124 Å². The monoisotopic (exact) mass is 292 g/mol. The van der Waals surface area contributed by atoms with Gasteiger partial charge in [0.2, 0.25) is 11.8 Å². The van der Waals surface area contributed by atoms with Gasteiger partial charge in [0.15, 0.2) is 13.2 Å². The molecule has 0 radical (unpaired) electrons. The van der Waals surface area contributed by atoms with Gasteiger partial charge >= 0.3 is 0 Å². The summed E-state index contributed by atoms with van der Waals surface area (Å²) in [5.74, 6) is -0.521. The van der Waals surface area contributed by atoms with Crippen LogP contribution in [-0.2, 0) is 14.4 Å². The van der Waals surface area contributed by atoms with Crippen molar-refractivity contribution in [3.05, 3.63) is 12.2 Å². The van der Waals surface area contributed by atoms with Gasteiger partial charge in [-0.15, -0.1) is 0 Å². The third-order valence-electron chi connectivity index (χ3n) is 4.43. The van der Waals surface area contributed by atoms with Crippen LogP contribution in [0.4, 0.5) is 0 Å². The molecule has 3 rings (SSSR count). The van der Waals surface area contributed by atoms with Crippen molar-refractivity contribution in [2.45, 2.75) is 31.7 Å². The molecule has 0 aromatic heterocycles. The molecular weight excluding hydrogens is 270 g/mol. The molecule has 0 aromatic carbocycles. The zero-order valence-electron chi connectivity index (χ0n) is 12.3. The Hall–Kier alpha value is -1.69. The van der Waals surface area contributed by atoms with Crippen LogP contribution >= 0.6 is 0 Å². The first-order valence-electron chi connectivity index (χ1n) is 7.67. The van der Waals surface area contributed by atoms with E-state index in [2.05, 4.69) is 5.32 Å². The second-order valence-electron chi connectivity index (χ2n) is 6.39. The summed E-state index contributed by atoms with van der Waals surface area (Å²) in [6, 6.07) is 0.342. The van der Waals surface area contributed by atoms with E-state index in [0.29, 0.717) is 25.4 Å². The summed E-state index contributed by atoms with van der Waals surface area (Å²) in [7, 11) is 1.84. The number of rotatable bonds is 5. The lowest BCUT2D eigenvalue weighted by Crippen LogP contribution is -3.12. The first-order valence-corrected chi connectivity index (χ1v) is 7.67. The number of nitrogens with zero attached hydrogens (tertiary/aromatic N) is 1. The van der Waals surface area contributed by atoms with E-state index in [9.17, 15) is 14.4 Å². The van der Waals surface area contributed by atoms with E-state index in [0.717, 1.165) is 17.7 Å². The molecule has 1 unspecified atom stereocenters. The highest BCUT2D eigenvalue weighted by Crippen LogP contribution is 2.34. The largest absolute Gasteiger partial charge is 0.348 e. The maximum Gasteiger partial charge on any atom is 0.275 e. The van der Waals surface area contributed by atoms with Crippen molar-refractivity contribution < 1.29 is 19.3 Å². The van der Waals surface area contributed by atoms with E-state index in [-0.39, 0.29) is 36.2 Å². The van der Waals surface area contributed by atoms with Crippen molar-refractivity contribution in [3.8, 4) is 0 Å². The average Bonchev–Trinajstić information content (AvgIpc) is 3.23. The second kappa shape index (κ2) is 5.60. The summed E-state index contributed by atoms with van der Waals surface area (Å²) >= 11 is 0. The van der Waals surface area contributed by atoms with Gasteiger partial charge in [-0.1, -0.05) is 12.2 Å². The number of amides is 3. The topological polar surface area (TPSA) is 70.9 Å². The minimum atomic E-state index is -0.185. The molecular formula is C15H22N3O3+. The fraction of sp³-hybridized carbons (Fsp3) is 0.667. The Balaban J connectivity index is 1.55. The average molecular weight is 292 g/mol. The minimum absolute atomic E-state index is 0.00632. The molecule has 3 aliphatic rings. The summed E-state index contributed by atoms with van der Waals surface area (Å²) < 4.78 is 0. The third-order valence-corrected chi connectivity index (χ3v) is 4.43. The van der Waals surface area contributed by atoms with Gasteiger partial charge in [-0.05, 0) is 25.7 Å².